The summed E-state index contributed by atoms with van der Waals surface area (Å²) in [7, 11) is 0. The molecule has 0 unspecified atom stereocenters. The van der Waals surface area contributed by atoms with Crippen LogP contribution >= 0.6 is 0 Å². The van der Waals surface area contributed by atoms with Crippen LogP contribution in [-0.2, 0) is 0 Å². The highest BCUT2D eigenvalue weighted by Gasteiger charge is 2.16. The Kier molecular flexibility index (Phi) is 2.05. The number of nitrogens with zero attached hydrogens (tertiary/aromatic N) is 4. The quantitative estimate of drug-likeness (QED) is 0.748. The number of aromatic nitrogens is 4. The van der Waals surface area contributed by atoms with Gasteiger partial charge in [-0.15, -0.1) is 0 Å². The molecular weight excluding hydrogens is 188 g/mol. The molecule has 2 aromatic heterocycles. The maximum Gasteiger partial charge on any atom is 0.156 e. The minimum absolute atomic E-state index is 0.662. The molecule has 3 rings (SSSR count). The molecule has 0 saturated heterocycles. The number of hydrogen-bond donors (Lipinski definition) is 0. The largest absolute Gasteiger partial charge is 0.332 e. The van der Waals surface area contributed by atoms with E-state index in [0.717, 1.165) is 5.82 Å². The third kappa shape index (κ3) is 1.56. The highest BCUT2D eigenvalue weighted by molar-refractivity contribution is 5.18. The van der Waals surface area contributed by atoms with E-state index in [2.05, 4.69) is 20.7 Å². The van der Waals surface area contributed by atoms with Gasteiger partial charge in [-0.05, 0) is 12.8 Å². The molecule has 2 aromatic rings. The van der Waals surface area contributed by atoms with Gasteiger partial charge in [-0.3, -0.25) is 4.57 Å². The van der Waals surface area contributed by atoms with Crippen LogP contribution in [0.5, 0.6) is 0 Å². The zero-order valence-electron chi connectivity index (χ0n) is 8.58. The predicted molar refractivity (Wildman–Crippen MR) is 56.9 cm³/mol. The molecule has 0 radical (unpaired) electrons. The SMILES string of the molecule is c1cn(-c2cn(C3CCCC3)cn2)cn1. The fourth-order valence-electron chi connectivity index (χ4n) is 2.26. The third-order valence-corrected chi connectivity index (χ3v) is 3.10. The number of imidazole rings is 2. The second-order valence-corrected chi connectivity index (χ2v) is 4.09. The van der Waals surface area contributed by atoms with Crippen molar-refractivity contribution in [3.05, 3.63) is 31.2 Å². The van der Waals surface area contributed by atoms with Crippen LogP contribution in [0.2, 0.25) is 0 Å². The van der Waals surface area contributed by atoms with Gasteiger partial charge in [-0.25, -0.2) is 9.97 Å². The van der Waals surface area contributed by atoms with Crippen molar-refractivity contribution in [3.63, 3.8) is 0 Å². The highest BCUT2D eigenvalue weighted by atomic mass is 15.2. The van der Waals surface area contributed by atoms with Crippen LogP contribution in [0, 0.1) is 0 Å². The van der Waals surface area contributed by atoms with Crippen molar-refractivity contribution in [2.45, 2.75) is 31.7 Å². The Balaban J connectivity index is 1.87. The van der Waals surface area contributed by atoms with E-state index < -0.39 is 0 Å². The Labute approximate surface area is 88.6 Å². The number of hydrogen-bond acceptors (Lipinski definition) is 2. The summed E-state index contributed by atoms with van der Waals surface area (Å²) in [4.78, 5) is 8.41. The van der Waals surface area contributed by atoms with Crippen LogP contribution in [0.3, 0.4) is 0 Å². The fraction of sp³-hybridized carbons (Fsp3) is 0.455. The highest BCUT2D eigenvalue weighted by Crippen LogP contribution is 2.29. The van der Waals surface area contributed by atoms with Crippen LogP contribution in [0.25, 0.3) is 5.82 Å². The van der Waals surface area contributed by atoms with Crippen molar-refractivity contribution >= 4 is 0 Å². The predicted octanol–water partition coefficient (Wildman–Crippen LogP) is 2.18. The first-order valence-electron chi connectivity index (χ1n) is 5.45. The molecule has 0 amide bonds. The van der Waals surface area contributed by atoms with E-state index in [0.29, 0.717) is 6.04 Å². The molecule has 1 saturated carbocycles. The lowest BCUT2D eigenvalue weighted by Crippen LogP contribution is -2.01. The molecule has 4 heteroatoms. The Hall–Kier alpha value is -1.58. The van der Waals surface area contributed by atoms with Gasteiger partial charge in [0.2, 0.25) is 0 Å². The Morgan fingerprint density at radius 1 is 1.20 bits per heavy atom. The maximum absolute atomic E-state index is 4.39. The van der Waals surface area contributed by atoms with Gasteiger partial charge in [0, 0.05) is 24.6 Å². The second-order valence-electron chi connectivity index (χ2n) is 4.09. The Morgan fingerprint density at radius 3 is 2.80 bits per heavy atom. The van der Waals surface area contributed by atoms with Gasteiger partial charge >= 0.3 is 0 Å². The van der Waals surface area contributed by atoms with Crippen LogP contribution in [0.1, 0.15) is 31.7 Å². The molecule has 0 atom stereocenters. The summed E-state index contributed by atoms with van der Waals surface area (Å²) >= 11 is 0. The van der Waals surface area contributed by atoms with Gasteiger partial charge in [0.05, 0.1) is 6.33 Å². The van der Waals surface area contributed by atoms with Crippen LogP contribution < -0.4 is 0 Å². The van der Waals surface area contributed by atoms with E-state index in [4.69, 9.17) is 0 Å². The molecule has 4 nitrogen and oxygen atoms in total. The van der Waals surface area contributed by atoms with Gasteiger partial charge < -0.3 is 4.57 Å². The fourth-order valence-corrected chi connectivity index (χ4v) is 2.26. The van der Waals surface area contributed by atoms with Crippen LogP contribution in [0.15, 0.2) is 31.2 Å². The van der Waals surface area contributed by atoms with Gasteiger partial charge in [0.1, 0.15) is 6.33 Å². The van der Waals surface area contributed by atoms with E-state index >= 15 is 0 Å². The lowest BCUT2D eigenvalue weighted by molar-refractivity contribution is 0.518. The molecule has 2 heterocycles. The lowest BCUT2D eigenvalue weighted by Gasteiger charge is -2.09. The topological polar surface area (TPSA) is 35.6 Å². The van der Waals surface area contributed by atoms with Gasteiger partial charge in [0.25, 0.3) is 0 Å². The monoisotopic (exact) mass is 202 g/mol. The van der Waals surface area contributed by atoms with E-state index in [9.17, 15) is 0 Å². The molecular formula is C11H14N4. The smallest absolute Gasteiger partial charge is 0.156 e. The van der Waals surface area contributed by atoms with Crippen molar-refractivity contribution in [3.8, 4) is 5.82 Å². The molecule has 1 aliphatic carbocycles. The van der Waals surface area contributed by atoms with Crippen molar-refractivity contribution in [1.29, 1.82) is 0 Å². The standard InChI is InChI=1S/C11H14N4/c1-2-4-10(3-1)15-7-11(13-9-15)14-6-5-12-8-14/h5-10H,1-4H2. The molecule has 0 spiro atoms. The summed E-state index contributed by atoms with van der Waals surface area (Å²) in [6.07, 6.45) is 14.8. The minimum Gasteiger partial charge on any atom is -0.332 e. The first kappa shape index (κ1) is 8.71. The molecule has 1 aliphatic rings. The summed E-state index contributed by atoms with van der Waals surface area (Å²) < 4.78 is 4.17. The van der Waals surface area contributed by atoms with Gasteiger partial charge in [0.15, 0.2) is 5.82 Å². The summed E-state index contributed by atoms with van der Waals surface area (Å²) in [6, 6.07) is 0.662. The average molecular weight is 202 g/mol. The van der Waals surface area contributed by atoms with E-state index in [1.54, 1.807) is 12.5 Å². The summed E-state index contributed by atoms with van der Waals surface area (Å²) in [5, 5.41) is 0. The van der Waals surface area contributed by atoms with Gasteiger partial charge in [-0.2, -0.15) is 0 Å². The van der Waals surface area contributed by atoms with E-state index in [1.807, 2.05) is 17.1 Å². The molecule has 0 aliphatic heterocycles. The van der Waals surface area contributed by atoms with E-state index in [1.165, 1.54) is 25.7 Å². The third-order valence-electron chi connectivity index (χ3n) is 3.10. The maximum atomic E-state index is 4.39. The molecule has 78 valence electrons. The first-order chi connectivity index (χ1) is 7.43. The van der Waals surface area contributed by atoms with Crippen LogP contribution in [-0.4, -0.2) is 19.1 Å². The molecule has 0 N–H and O–H groups in total. The lowest BCUT2D eigenvalue weighted by atomic mass is 10.2. The molecule has 0 aromatic carbocycles. The minimum atomic E-state index is 0.662. The molecule has 15 heavy (non-hydrogen) atoms. The Morgan fingerprint density at radius 2 is 2.07 bits per heavy atom. The average Bonchev–Trinajstić information content (AvgIpc) is 3.02. The van der Waals surface area contributed by atoms with E-state index in [-0.39, 0.29) is 0 Å². The summed E-state index contributed by atoms with van der Waals surface area (Å²) in [5.41, 5.74) is 0. The summed E-state index contributed by atoms with van der Waals surface area (Å²) in [5.74, 6) is 0.958. The normalized spacial score (nSPS) is 17.3. The van der Waals surface area contributed by atoms with Crippen molar-refractivity contribution in [2.75, 3.05) is 0 Å². The second kappa shape index (κ2) is 3.53. The Bertz CT molecular complexity index is 423. The van der Waals surface area contributed by atoms with Crippen LogP contribution in [0.4, 0.5) is 0 Å². The van der Waals surface area contributed by atoms with Crippen molar-refractivity contribution < 1.29 is 0 Å². The first-order valence-corrected chi connectivity index (χ1v) is 5.45. The van der Waals surface area contributed by atoms with Crippen molar-refractivity contribution in [1.82, 2.24) is 19.1 Å². The number of rotatable bonds is 2. The molecule has 1 fully saturated rings. The van der Waals surface area contributed by atoms with Crippen molar-refractivity contribution in [2.24, 2.45) is 0 Å². The van der Waals surface area contributed by atoms with Gasteiger partial charge in [-0.1, -0.05) is 12.8 Å². The summed E-state index contributed by atoms with van der Waals surface area (Å²) in [6.45, 7) is 0. The zero-order chi connectivity index (χ0) is 10.1. The zero-order valence-corrected chi connectivity index (χ0v) is 8.58. The molecule has 0 bridgehead atoms.